The third kappa shape index (κ3) is 3.55. The Hall–Kier alpha value is -1.39. The molecule has 104 valence electrons. The first-order valence-electron chi connectivity index (χ1n) is 6.69. The predicted molar refractivity (Wildman–Crippen MR) is 75.2 cm³/mol. The summed E-state index contributed by atoms with van der Waals surface area (Å²) in [4.78, 5) is 12.1. The molecular formula is C15H22N2O2. The second-order valence-electron chi connectivity index (χ2n) is 5.21. The molecule has 4 nitrogen and oxygen atoms in total. The van der Waals surface area contributed by atoms with Crippen LogP contribution in [0.1, 0.15) is 16.7 Å². The van der Waals surface area contributed by atoms with Gasteiger partial charge in [-0.1, -0.05) is 23.8 Å². The van der Waals surface area contributed by atoms with Crippen molar-refractivity contribution in [3.63, 3.8) is 0 Å². The van der Waals surface area contributed by atoms with Gasteiger partial charge in [0.15, 0.2) is 0 Å². The van der Waals surface area contributed by atoms with Gasteiger partial charge in [-0.2, -0.15) is 0 Å². The van der Waals surface area contributed by atoms with E-state index < -0.39 is 0 Å². The maximum absolute atomic E-state index is 12.1. The molecule has 1 saturated heterocycles. The van der Waals surface area contributed by atoms with Crippen molar-refractivity contribution in [2.24, 2.45) is 0 Å². The summed E-state index contributed by atoms with van der Waals surface area (Å²) in [5.41, 5.74) is 3.44. The summed E-state index contributed by atoms with van der Waals surface area (Å²) in [5, 5.41) is 6.27. The van der Waals surface area contributed by atoms with Crippen LogP contribution in [0.5, 0.6) is 0 Å². The molecule has 1 fully saturated rings. The van der Waals surface area contributed by atoms with Crippen molar-refractivity contribution in [2.45, 2.75) is 32.4 Å². The Morgan fingerprint density at radius 2 is 2.21 bits per heavy atom. The van der Waals surface area contributed by atoms with Crippen LogP contribution in [-0.2, 0) is 16.0 Å². The van der Waals surface area contributed by atoms with Gasteiger partial charge in [0.2, 0.25) is 5.91 Å². The van der Waals surface area contributed by atoms with Gasteiger partial charge in [-0.3, -0.25) is 4.79 Å². The van der Waals surface area contributed by atoms with E-state index in [0.717, 1.165) is 24.2 Å². The monoisotopic (exact) mass is 262 g/mol. The van der Waals surface area contributed by atoms with E-state index >= 15 is 0 Å². The molecule has 0 radical (unpaired) electrons. The molecule has 1 aliphatic rings. The number of benzene rings is 1. The average Bonchev–Trinajstić information content (AvgIpc) is 2.81. The van der Waals surface area contributed by atoms with E-state index in [2.05, 4.69) is 28.8 Å². The summed E-state index contributed by atoms with van der Waals surface area (Å²) in [7, 11) is 1.68. The molecule has 4 heteroatoms. The number of rotatable bonds is 4. The fourth-order valence-electron chi connectivity index (χ4n) is 2.47. The maximum atomic E-state index is 12.1. The molecule has 0 saturated carbocycles. The fraction of sp³-hybridized carbons (Fsp3) is 0.533. The van der Waals surface area contributed by atoms with Gasteiger partial charge < -0.3 is 15.4 Å². The highest BCUT2D eigenvalue weighted by Gasteiger charge is 2.28. The van der Waals surface area contributed by atoms with Crippen LogP contribution in [0, 0.1) is 13.8 Å². The number of nitrogens with one attached hydrogen (secondary N) is 2. The molecule has 2 rings (SSSR count). The first-order valence-corrected chi connectivity index (χ1v) is 6.69. The van der Waals surface area contributed by atoms with Crippen molar-refractivity contribution in [1.82, 2.24) is 10.6 Å². The Kier molecular flexibility index (Phi) is 4.56. The van der Waals surface area contributed by atoms with Crippen molar-refractivity contribution >= 4 is 5.91 Å². The number of ether oxygens (including phenoxy) is 1. The predicted octanol–water partition coefficient (Wildman–Crippen LogP) is 0.949. The largest absolute Gasteiger partial charge is 0.378 e. The van der Waals surface area contributed by atoms with Crippen LogP contribution in [0.3, 0.4) is 0 Å². The Balaban J connectivity index is 1.95. The summed E-state index contributed by atoms with van der Waals surface area (Å²) in [6.45, 7) is 5.65. The van der Waals surface area contributed by atoms with Crippen molar-refractivity contribution in [3.05, 3.63) is 34.9 Å². The van der Waals surface area contributed by atoms with Gasteiger partial charge in [-0.05, 0) is 25.0 Å². The Bertz CT molecular complexity index is 459. The van der Waals surface area contributed by atoms with Crippen LogP contribution in [-0.4, -0.2) is 38.3 Å². The van der Waals surface area contributed by atoms with Crippen molar-refractivity contribution in [3.8, 4) is 0 Å². The number of methoxy groups -OCH3 is 1. The lowest BCUT2D eigenvalue weighted by Gasteiger charge is -2.19. The molecule has 1 heterocycles. The molecule has 0 unspecified atom stereocenters. The summed E-state index contributed by atoms with van der Waals surface area (Å²) < 4.78 is 5.34. The zero-order valence-electron chi connectivity index (χ0n) is 11.8. The van der Waals surface area contributed by atoms with Crippen molar-refractivity contribution in [2.75, 3.05) is 20.2 Å². The SMILES string of the molecule is CO[C@H]1CNC[C@@H]1NC(=O)Cc1cc(C)ccc1C. The molecule has 1 aromatic carbocycles. The summed E-state index contributed by atoms with van der Waals surface area (Å²) in [5.74, 6) is 0.0597. The summed E-state index contributed by atoms with van der Waals surface area (Å²) in [6, 6.07) is 6.28. The van der Waals surface area contributed by atoms with E-state index in [4.69, 9.17) is 4.74 Å². The number of amides is 1. The van der Waals surface area contributed by atoms with Crippen LogP contribution >= 0.6 is 0 Å². The lowest BCUT2D eigenvalue weighted by Crippen LogP contribution is -2.44. The number of carbonyl (C=O) groups excluding carboxylic acids is 1. The third-order valence-corrected chi connectivity index (χ3v) is 3.66. The van der Waals surface area contributed by atoms with Gasteiger partial charge in [0.25, 0.3) is 0 Å². The average molecular weight is 262 g/mol. The van der Waals surface area contributed by atoms with Crippen molar-refractivity contribution < 1.29 is 9.53 Å². The molecule has 0 aromatic heterocycles. The number of hydrogen-bond acceptors (Lipinski definition) is 3. The lowest BCUT2D eigenvalue weighted by molar-refractivity contribution is -0.121. The lowest BCUT2D eigenvalue weighted by atomic mass is 10.0. The van der Waals surface area contributed by atoms with Crippen LogP contribution in [0.15, 0.2) is 18.2 Å². The minimum Gasteiger partial charge on any atom is -0.378 e. The molecular weight excluding hydrogens is 240 g/mol. The second-order valence-corrected chi connectivity index (χ2v) is 5.21. The van der Waals surface area contributed by atoms with E-state index in [-0.39, 0.29) is 18.1 Å². The second kappa shape index (κ2) is 6.17. The normalized spacial score (nSPS) is 22.5. The van der Waals surface area contributed by atoms with Gasteiger partial charge >= 0.3 is 0 Å². The number of aryl methyl sites for hydroxylation is 2. The molecule has 0 spiro atoms. The molecule has 2 N–H and O–H groups in total. The molecule has 1 amide bonds. The molecule has 0 bridgehead atoms. The summed E-state index contributed by atoms with van der Waals surface area (Å²) in [6.07, 6.45) is 0.503. The Morgan fingerprint density at radius 1 is 1.42 bits per heavy atom. The van der Waals surface area contributed by atoms with Gasteiger partial charge in [-0.15, -0.1) is 0 Å². The Morgan fingerprint density at radius 3 is 2.95 bits per heavy atom. The molecule has 1 aliphatic heterocycles. The molecule has 1 aromatic rings. The standard InChI is InChI=1S/C15H22N2O2/c1-10-4-5-11(2)12(6-10)7-15(18)17-13-8-16-9-14(13)19-3/h4-6,13-14,16H,7-9H2,1-3H3,(H,17,18)/t13-,14-/m0/s1. The van der Waals surface area contributed by atoms with Gasteiger partial charge in [0.1, 0.15) is 0 Å². The van der Waals surface area contributed by atoms with Crippen LogP contribution in [0.4, 0.5) is 0 Å². The van der Waals surface area contributed by atoms with Crippen molar-refractivity contribution in [1.29, 1.82) is 0 Å². The highest BCUT2D eigenvalue weighted by molar-refractivity contribution is 5.79. The molecule has 2 atom stereocenters. The minimum atomic E-state index is 0.0597. The molecule has 0 aliphatic carbocycles. The fourth-order valence-corrected chi connectivity index (χ4v) is 2.47. The number of hydrogen-bond donors (Lipinski definition) is 2. The third-order valence-electron chi connectivity index (χ3n) is 3.66. The first kappa shape index (κ1) is 14.0. The van der Waals surface area contributed by atoms with E-state index in [9.17, 15) is 4.79 Å². The van der Waals surface area contributed by atoms with E-state index in [0.29, 0.717) is 6.42 Å². The highest BCUT2D eigenvalue weighted by Crippen LogP contribution is 2.12. The van der Waals surface area contributed by atoms with Crippen LogP contribution < -0.4 is 10.6 Å². The smallest absolute Gasteiger partial charge is 0.224 e. The first-order chi connectivity index (χ1) is 9.10. The topological polar surface area (TPSA) is 50.4 Å². The van der Waals surface area contributed by atoms with Crippen LogP contribution in [0.25, 0.3) is 0 Å². The Labute approximate surface area is 114 Å². The van der Waals surface area contributed by atoms with E-state index in [1.54, 1.807) is 7.11 Å². The van der Waals surface area contributed by atoms with Gasteiger partial charge in [-0.25, -0.2) is 0 Å². The van der Waals surface area contributed by atoms with E-state index in [1.165, 1.54) is 5.56 Å². The zero-order chi connectivity index (χ0) is 13.8. The molecule has 19 heavy (non-hydrogen) atoms. The minimum absolute atomic E-state index is 0.0597. The van der Waals surface area contributed by atoms with E-state index in [1.807, 2.05) is 13.8 Å². The maximum Gasteiger partial charge on any atom is 0.224 e. The number of carbonyl (C=O) groups is 1. The van der Waals surface area contributed by atoms with Crippen LogP contribution in [0.2, 0.25) is 0 Å². The van der Waals surface area contributed by atoms with Gasteiger partial charge in [0, 0.05) is 20.2 Å². The van der Waals surface area contributed by atoms with Gasteiger partial charge in [0.05, 0.1) is 18.6 Å². The zero-order valence-corrected chi connectivity index (χ0v) is 11.8. The quantitative estimate of drug-likeness (QED) is 0.849. The highest BCUT2D eigenvalue weighted by atomic mass is 16.5. The summed E-state index contributed by atoms with van der Waals surface area (Å²) >= 11 is 0.